The highest BCUT2D eigenvalue weighted by Crippen LogP contribution is 2.21. The molecular formula is C19H20FNO5. The topological polar surface area (TPSA) is 80.0 Å². The molecule has 6 nitrogen and oxygen atoms in total. The summed E-state index contributed by atoms with van der Waals surface area (Å²) in [7, 11) is 0. The van der Waals surface area contributed by atoms with Crippen molar-refractivity contribution in [1.82, 2.24) is 4.90 Å². The van der Waals surface area contributed by atoms with Crippen LogP contribution >= 0.6 is 0 Å². The van der Waals surface area contributed by atoms with E-state index in [0.29, 0.717) is 43.9 Å². The lowest BCUT2D eigenvalue weighted by atomic mass is 10.0. The maximum atomic E-state index is 12.9. The molecule has 7 heteroatoms. The summed E-state index contributed by atoms with van der Waals surface area (Å²) in [5.74, 6) is -0.605. The zero-order valence-electron chi connectivity index (χ0n) is 14.2. The summed E-state index contributed by atoms with van der Waals surface area (Å²) in [6.07, 6.45) is 1.68. The number of ether oxygens (including phenoxy) is 1. The Kier molecular flexibility index (Phi) is 5.55. The number of benzene rings is 1. The first-order chi connectivity index (χ1) is 12.5. The fourth-order valence-corrected chi connectivity index (χ4v) is 2.96. The minimum atomic E-state index is -0.808. The Morgan fingerprint density at radius 1 is 1.15 bits per heavy atom. The van der Waals surface area contributed by atoms with Crippen molar-refractivity contribution in [3.63, 3.8) is 0 Å². The van der Waals surface area contributed by atoms with Gasteiger partial charge in [0.1, 0.15) is 23.9 Å². The summed E-state index contributed by atoms with van der Waals surface area (Å²) in [5.41, 5.74) is 0. The summed E-state index contributed by atoms with van der Waals surface area (Å²) in [6.45, 7) is 1.04. The summed E-state index contributed by atoms with van der Waals surface area (Å²) in [6, 6.07) is 8.88. The van der Waals surface area contributed by atoms with E-state index in [0.717, 1.165) is 0 Å². The van der Waals surface area contributed by atoms with Gasteiger partial charge < -0.3 is 19.2 Å². The molecule has 1 aliphatic heterocycles. The zero-order valence-corrected chi connectivity index (χ0v) is 14.2. The molecule has 2 aromatic rings. The Bertz CT molecular complexity index is 770. The van der Waals surface area contributed by atoms with Crippen LogP contribution in [0.4, 0.5) is 4.39 Å². The number of carbonyl (C=O) groups excluding carboxylic acids is 1. The molecule has 1 aromatic heterocycles. The molecular weight excluding hydrogens is 341 g/mol. The first kappa shape index (κ1) is 18.0. The summed E-state index contributed by atoms with van der Waals surface area (Å²) in [4.78, 5) is 25.3. The van der Waals surface area contributed by atoms with Crippen LogP contribution in [0.25, 0.3) is 0 Å². The van der Waals surface area contributed by atoms with E-state index >= 15 is 0 Å². The number of aliphatic carboxylic acids is 1. The molecule has 2 heterocycles. The Hall–Kier alpha value is -2.83. The Labute approximate surface area is 150 Å². The number of hydrogen-bond acceptors (Lipinski definition) is 4. The molecule has 0 saturated carbocycles. The number of nitrogens with zero attached hydrogens (tertiary/aromatic N) is 1. The van der Waals surface area contributed by atoms with Gasteiger partial charge in [0, 0.05) is 13.1 Å². The van der Waals surface area contributed by atoms with E-state index in [1.54, 1.807) is 17.0 Å². The third-order valence-electron chi connectivity index (χ3n) is 4.43. The van der Waals surface area contributed by atoms with E-state index in [4.69, 9.17) is 14.3 Å². The summed E-state index contributed by atoms with van der Waals surface area (Å²) >= 11 is 0. The number of hydrogen-bond donors (Lipinski definition) is 1. The average molecular weight is 361 g/mol. The molecule has 1 atom stereocenters. The fraction of sp³-hybridized carbons (Fsp3) is 0.368. The lowest BCUT2D eigenvalue weighted by Crippen LogP contribution is -2.32. The minimum absolute atomic E-state index is 0.125. The summed E-state index contributed by atoms with van der Waals surface area (Å²) in [5, 5.41) is 9.12. The number of halogens is 1. The largest absolute Gasteiger partial charge is 0.486 e. The van der Waals surface area contributed by atoms with Gasteiger partial charge in [0.05, 0.1) is 5.92 Å². The number of furan rings is 1. The maximum absolute atomic E-state index is 12.9. The molecule has 26 heavy (non-hydrogen) atoms. The Balaban J connectivity index is 1.57. The van der Waals surface area contributed by atoms with E-state index in [2.05, 4.69) is 0 Å². The molecule has 1 saturated heterocycles. The highest BCUT2D eigenvalue weighted by Gasteiger charge is 2.26. The predicted molar refractivity (Wildman–Crippen MR) is 90.3 cm³/mol. The number of carbonyl (C=O) groups is 2. The van der Waals surface area contributed by atoms with Crippen molar-refractivity contribution in [3.8, 4) is 5.75 Å². The third-order valence-corrected chi connectivity index (χ3v) is 4.43. The quantitative estimate of drug-likeness (QED) is 0.884. The van der Waals surface area contributed by atoms with E-state index in [9.17, 15) is 14.0 Å². The van der Waals surface area contributed by atoms with Crippen LogP contribution in [0, 0.1) is 11.7 Å². The van der Waals surface area contributed by atoms with Gasteiger partial charge in [0.15, 0.2) is 5.76 Å². The lowest BCUT2D eigenvalue weighted by Gasteiger charge is -2.18. The second-order valence-corrected chi connectivity index (χ2v) is 6.27. The van der Waals surface area contributed by atoms with Crippen LogP contribution in [0.1, 0.15) is 35.6 Å². The van der Waals surface area contributed by atoms with Crippen LogP contribution in [0.2, 0.25) is 0 Å². The Morgan fingerprint density at radius 3 is 2.65 bits per heavy atom. The average Bonchev–Trinajstić information content (AvgIpc) is 2.96. The van der Waals surface area contributed by atoms with Gasteiger partial charge in [-0.3, -0.25) is 9.59 Å². The molecule has 1 N–H and O–H groups in total. The van der Waals surface area contributed by atoms with Crippen LogP contribution in [-0.2, 0) is 11.4 Å². The van der Waals surface area contributed by atoms with Gasteiger partial charge in [0.25, 0.3) is 5.91 Å². The number of carboxylic acid groups (broad SMARTS) is 1. The standard InChI is InChI=1S/C19H20FNO5/c20-14-3-5-15(6-4-14)25-12-16-7-8-17(26-16)18(22)21-10-1-2-13(9-11-21)19(23)24/h3-8,13H,1-2,9-12H2,(H,23,24). The van der Waals surface area contributed by atoms with Crippen molar-refractivity contribution < 1.29 is 28.2 Å². The number of amides is 1. The second kappa shape index (κ2) is 8.03. The number of carboxylic acids is 1. The van der Waals surface area contributed by atoms with Crippen LogP contribution in [0.15, 0.2) is 40.8 Å². The van der Waals surface area contributed by atoms with E-state index in [-0.39, 0.29) is 24.1 Å². The molecule has 0 aliphatic carbocycles. The van der Waals surface area contributed by atoms with Gasteiger partial charge in [-0.1, -0.05) is 0 Å². The normalized spacial score (nSPS) is 17.6. The molecule has 0 radical (unpaired) electrons. The Morgan fingerprint density at radius 2 is 1.92 bits per heavy atom. The number of likely N-dealkylation sites (tertiary alicyclic amines) is 1. The predicted octanol–water partition coefficient (Wildman–Crippen LogP) is 3.32. The maximum Gasteiger partial charge on any atom is 0.306 e. The first-order valence-electron chi connectivity index (χ1n) is 8.52. The van der Waals surface area contributed by atoms with Crippen molar-refractivity contribution in [2.45, 2.75) is 25.9 Å². The molecule has 1 unspecified atom stereocenters. The van der Waals surface area contributed by atoms with Crippen LogP contribution in [-0.4, -0.2) is 35.0 Å². The second-order valence-electron chi connectivity index (χ2n) is 6.27. The molecule has 0 spiro atoms. The van der Waals surface area contributed by atoms with Crippen LogP contribution in [0.3, 0.4) is 0 Å². The van der Waals surface area contributed by atoms with Gasteiger partial charge in [-0.2, -0.15) is 0 Å². The monoisotopic (exact) mass is 361 g/mol. The van der Waals surface area contributed by atoms with Gasteiger partial charge >= 0.3 is 5.97 Å². The first-order valence-corrected chi connectivity index (χ1v) is 8.52. The van der Waals surface area contributed by atoms with Crippen LogP contribution < -0.4 is 4.74 Å². The van der Waals surface area contributed by atoms with E-state index in [1.165, 1.54) is 24.3 Å². The highest BCUT2D eigenvalue weighted by atomic mass is 19.1. The molecule has 1 aliphatic rings. The smallest absolute Gasteiger partial charge is 0.306 e. The highest BCUT2D eigenvalue weighted by molar-refractivity contribution is 5.91. The van der Waals surface area contributed by atoms with Crippen molar-refractivity contribution in [2.75, 3.05) is 13.1 Å². The molecule has 1 aromatic carbocycles. The van der Waals surface area contributed by atoms with Crippen molar-refractivity contribution >= 4 is 11.9 Å². The van der Waals surface area contributed by atoms with Crippen molar-refractivity contribution in [1.29, 1.82) is 0 Å². The van der Waals surface area contributed by atoms with Gasteiger partial charge in [-0.25, -0.2) is 4.39 Å². The van der Waals surface area contributed by atoms with Gasteiger partial charge in [-0.05, 0) is 55.7 Å². The van der Waals surface area contributed by atoms with E-state index in [1.807, 2.05) is 0 Å². The van der Waals surface area contributed by atoms with E-state index < -0.39 is 11.9 Å². The molecule has 0 bridgehead atoms. The van der Waals surface area contributed by atoms with Gasteiger partial charge in [0.2, 0.25) is 0 Å². The van der Waals surface area contributed by atoms with Gasteiger partial charge in [-0.15, -0.1) is 0 Å². The SMILES string of the molecule is O=C(O)C1CCCN(C(=O)c2ccc(COc3ccc(F)cc3)o2)CC1. The number of rotatable bonds is 5. The molecule has 1 amide bonds. The van der Waals surface area contributed by atoms with Crippen molar-refractivity contribution in [2.24, 2.45) is 5.92 Å². The lowest BCUT2D eigenvalue weighted by molar-refractivity contribution is -0.142. The fourth-order valence-electron chi connectivity index (χ4n) is 2.96. The van der Waals surface area contributed by atoms with Crippen LogP contribution in [0.5, 0.6) is 5.75 Å². The zero-order chi connectivity index (χ0) is 18.5. The third kappa shape index (κ3) is 4.41. The minimum Gasteiger partial charge on any atom is -0.486 e. The molecule has 1 fully saturated rings. The van der Waals surface area contributed by atoms with Crippen molar-refractivity contribution in [3.05, 3.63) is 53.7 Å². The molecule has 138 valence electrons. The summed E-state index contributed by atoms with van der Waals surface area (Å²) < 4.78 is 23.9. The molecule has 3 rings (SSSR count).